The van der Waals surface area contributed by atoms with E-state index in [1.54, 1.807) is 6.92 Å². The molecular weight excluding hydrogens is 464 g/mol. The van der Waals surface area contributed by atoms with Crippen molar-refractivity contribution in [2.45, 2.75) is 63.3 Å². The summed E-state index contributed by atoms with van der Waals surface area (Å²) in [5.41, 5.74) is 0.0354. The number of aliphatic hydroxyl groups is 1. The van der Waals surface area contributed by atoms with Gasteiger partial charge < -0.3 is 35.8 Å². The fraction of sp³-hybridized carbons (Fsp3) is 0.636. The summed E-state index contributed by atoms with van der Waals surface area (Å²) in [5.74, 6) is -2.54. The zero-order chi connectivity index (χ0) is 25.2. The van der Waals surface area contributed by atoms with Gasteiger partial charge in [0.05, 0.1) is 18.1 Å². The molecule has 0 saturated carbocycles. The van der Waals surface area contributed by atoms with Crippen molar-refractivity contribution in [2.75, 3.05) is 13.1 Å². The average Bonchev–Trinajstić information content (AvgIpc) is 3.28. The number of carboxylic acids is 1. The van der Waals surface area contributed by atoms with E-state index in [1.807, 2.05) is 6.92 Å². The lowest BCUT2D eigenvalue weighted by atomic mass is 9.79. The molecule has 3 rings (SSSR count). The normalized spacial score (nSPS) is 29.7. The molecule has 34 heavy (non-hydrogen) atoms. The fourth-order valence-corrected chi connectivity index (χ4v) is 6.31. The van der Waals surface area contributed by atoms with Crippen LogP contribution in [0.4, 0.5) is 4.79 Å². The Morgan fingerprint density at radius 2 is 2.12 bits per heavy atom. The molecule has 7 atom stereocenters. The molecule has 3 amide bonds. The van der Waals surface area contributed by atoms with Gasteiger partial charge in [0, 0.05) is 42.1 Å². The number of fused-ring (bicyclic) bond motifs is 1. The summed E-state index contributed by atoms with van der Waals surface area (Å²) >= 11 is 1.48. The van der Waals surface area contributed by atoms with E-state index < -0.39 is 30.3 Å². The van der Waals surface area contributed by atoms with Crippen LogP contribution in [-0.4, -0.2) is 81.7 Å². The van der Waals surface area contributed by atoms with Crippen LogP contribution in [0.1, 0.15) is 33.6 Å². The van der Waals surface area contributed by atoms with Gasteiger partial charge in [-0.15, -0.1) is 11.8 Å². The third kappa shape index (κ3) is 5.39. The number of aliphatic hydroxyl groups excluding tert-OH is 1. The van der Waals surface area contributed by atoms with E-state index in [0.717, 1.165) is 6.42 Å². The summed E-state index contributed by atoms with van der Waals surface area (Å²) in [6.45, 7) is 9.31. The Bertz CT molecular complexity index is 892. The highest BCUT2D eigenvalue weighted by Crippen LogP contribution is 2.51. The first-order valence-electron chi connectivity index (χ1n) is 11.3. The first-order chi connectivity index (χ1) is 16.0. The van der Waals surface area contributed by atoms with Gasteiger partial charge in [-0.1, -0.05) is 13.5 Å². The molecule has 2 fully saturated rings. The summed E-state index contributed by atoms with van der Waals surface area (Å²) in [5, 5.41) is 28.3. The van der Waals surface area contributed by atoms with E-state index >= 15 is 0 Å². The van der Waals surface area contributed by atoms with Gasteiger partial charge in [0.25, 0.3) is 0 Å². The van der Waals surface area contributed by atoms with Gasteiger partial charge in [0.15, 0.2) is 6.23 Å². The second-order valence-electron chi connectivity index (χ2n) is 8.83. The van der Waals surface area contributed by atoms with Crippen LogP contribution >= 0.6 is 11.8 Å². The van der Waals surface area contributed by atoms with Crippen molar-refractivity contribution in [3.63, 3.8) is 0 Å². The minimum absolute atomic E-state index is 0.0354. The van der Waals surface area contributed by atoms with E-state index in [-0.39, 0.29) is 40.8 Å². The number of hydrogen-bond acceptors (Lipinski definition) is 8. The predicted molar refractivity (Wildman–Crippen MR) is 124 cm³/mol. The maximum atomic E-state index is 12.5. The van der Waals surface area contributed by atoms with Gasteiger partial charge >= 0.3 is 12.1 Å². The summed E-state index contributed by atoms with van der Waals surface area (Å²) < 4.78 is 5.05. The Hall–Kier alpha value is -2.57. The molecule has 3 heterocycles. The second kappa shape index (κ2) is 10.8. The van der Waals surface area contributed by atoms with Crippen LogP contribution in [0.3, 0.4) is 0 Å². The van der Waals surface area contributed by atoms with Gasteiger partial charge in [-0.3, -0.25) is 9.59 Å². The number of alkyl carbamates (subject to hydrolysis) is 1. The average molecular weight is 497 g/mol. The molecule has 0 spiro atoms. The van der Waals surface area contributed by atoms with Gasteiger partial charge in [-0.2, -0.15) is 0 Å². The monoisotopic (exact) mass is 496 g/mol. The van der Waals surface area contributed by atoms with E-state index in [0.29, 0.717) is 24.4 Å². The lowest BCUT2D eigenvalue weighted by Crippen LogP contribution is -2.63. The molecule has 0 radical (unpaired) electrons. The first kappa shape index (κ1) is 26.0. The molecule has 3 aliphatic rings. The van der Waals surface area contributed by atoms with Crippen molar-refractivity contribution in [1.82, 2.24) is 20.9 Å². The van der Waals surface area contributed by atoms with E-state index in [1.165, 1.54) is 29.7 Å². The lowest BCUT2D eigenvalue weighted by Gasteiger charge is -2.46. The van der Waals surface area contributed by atoms with Crippen LogP contribution < -0.4 is 16.0 Å². The number of nitrogens with one attached hydrogen (secondary N) is 3. The van der Waals surface area contributed by atoms with Gasteiger partial charge in [0.1, 0.15) is 5.70 Å². The molecule has 3 aliphatic heterocycles. The Labute approximate surface area is 202 Å². The Morgan fingerprint density at radius 3 is 2.71 bits per heavy atom. The third-order valence-corrected chi connectivity index (χ3v) is 7.85. The number of carbonyl (C=O) groups excluding carboxylic acids is 3. The van der Waals surface area contributed by atoms with Crippen LogP contribution in [0.5, 0.6) is 0 Å². The number of β-lactam (4-membered cyclic amide) rings is 1. The molecule has 2 saturated heterocycles. The summed E-state index contributed by atoms with van der Waals surface area (Å²) in [4.78, 5) is 49.4. The quantitative estimate of drug-likeness (QED) is 0.164. The molecule has 0 aromatic carbocycles. The molecule has 1 unspecified atom stereocenters. The van der Waals surface area contributed by atoms with Crippen LogP contribution in [0, 0.1) is 11.8 Å². The van der Waals surface area contributed by atoms with E-state index in [4.69, 9.17) is 4.74 Å². The van der Waals surface area contributed by atoms with Gasteiger partial charge in [-0.25, -0.2) is 9.59 Å². The number of carboxylic acid groups (broad SMARTS) is 1. The number of hydrogen-bond donors (Lipinski definition) is 5. The molecule has 0 bridgehead atoms. The molecule has 12 heteroatoms. The summed E-state index contributed by atoms with van der Waals surface area (Å²) in [6.07, 6.45) is 0.324. The first-order valence-corrected chi connectivity index (χ1v) is 12.2. The topological polar surface area (TPSA) is 157 Å². The fourth-order valence-electron chi connectivity index (χ4n) is 4.79. The van der Waals surface area contributed by atoms with Crippen LogP contribution in [0.15, 0.2) is 23.3 Å². The van der Waals surface area contributed by atoms with E-state index in [2.05, 4.69) is 22.5 Å². The zero-order valence-electron chi connectivity index (χ0n) is 19.4. The lowest BCUT2D eigenvalue weighted by molar-refractivity contribution is -0.163. The minimum Gasteiger partial charge on any atom is -0.477 e. The Balaban J connectivity index is 1.50. The number of nitrogens with zero attached hydrogens (tertiary/aromatic N) is 1. The zero-order valence-corrected chi connectivity index (χ0v) is 20.3. The highest BCUT2D eigenvalue weighted by Gasteiger charge is 2.60. The van der Waals surface area contributed by atoms with E-state index in [9.17, 15) is 29.4 Å². The van der Waals surface area contributed by atoms with Crippen molar-refractivity contribution >= 4 is 35.6 Å². The number of carbonyl (C=O) groups is 4. The summed E-state index contributed by atoms with van der Waals surface area (Å²) in [6, 6.07) is -0.198. The largest absolute Gasteiger partial charge is 0.477 e. The minimum atomic E-state index is -1.13. The Kier molecular flexibility index (Phi) is 8.26. The standard InChI is InChI=1S/C22H32N4O7S/c1-5-15(25-12(4)28)33-22(32)23-7-6-13-8-14(9-24-13)34-19-10(2)17-16(11(3)27)20(29)26(17)18(19)21(30)31/h5,10-11,13-17,24,27H,1,6-9H2,2-4H3,(H,23,32)(H,25,28)(H,30,31)/t10-,11-,13+,14+,15?,16-,17-/m1/s1. The van der Waals surface area contributed by atoms with Gasteiger partial charge in [0.2, 0.25) is 11.8 Å². The number of thioether (sulfide) groups is 1. The highest BCUT2D eigenvalue weighted by molar-refractivity contribution is 8.03. The predicted octanol–water partition coefficient (Wildman–Crippen LogP) is 0.368. The van der Waals surface area contributed by atoms with Crippen LogP contribution in [0.25, 0.3) is 0 Å². The van der Waals surface area contributed by atoms with Crippen molar-refractivity contribution in [3.05, 3.63) is 23.3 Å². The maximum absolute atomic E-state index is 12.5. The van der Waals surface area contributed by atoms with Crippen molar-refractivity contribution < 1.29 is 34.1 Å². The molecule has 11 nitrogen and oxygen atoms in total. The van der Waals surface area contributed by atoms with Crippen LogP contribution in [0.2, 0.25) is 0 Å². The molecule has 5 N–H and O–H groups in total. The maximum Gasteiger partial charge on any atom is 0.409 e. The van der Waals surface area contributed by atoms with Crippen molar-refractivity contribution in [3.8, 4) is 0 Å². The highest BCUT2D eigenvalue weighted by atomic mass is 32.2. The summed E-state index contributed by atoms with van der Waals surface area (Å²) in [7, 11) is 0. The van der Waals surface area contributed by atoms with Crippen molar-refractivity contribution in [1.29, 1.82) is 0 Å². The molecule has 188 valence electrons. The smallest absolute Gasteiger partial charge is 0.409 e. The molecule has 0 aliphatic carbocycles. The molecular formula is C22H32N4O7S. The molecule has 0 aromatic rings. The number of ether oxygens (including phenoxy) is 1. The Morgan fingerprint density at radius 1 is 1.41 bits per heavy atom. The van der Waals surface area contributed by atoms with Crippen LogP contribution in [-0.2, 0) is 19.1 Å². The molecule has 0 aromatic heterocycles. The number of rotatable bonds is 10. The second-order valence-corrected chi connectivity index (χ2v) is 10.2. The van der Waals surface area contributed by atoms with Crippen molar-refractivity contribution in [2.24, 2.45) is 11.8 Å². The number of amides is 3. The van der Waals surface area contributed by atoms with Gasteiger partial charge in [-0.05, 0) is 25.8 Å². The number of aliphatic carboxylic acids is 1. The third-order valence-electron chi connectivity index (χ3n) is 6.34. The SMILES string of the molecule is C=CC(NC(C)=O)OC(=O)NCC[C@H]1C[C@H](SC2=C(C(=O)O)N3C(=O)[C@H]([C@@H](C)O)[C@H]3[C@H]2C)CN1.